The van der Waals surface area contributed by atoms with Gasteiger partial charge in [-0.25, -0.2) is 13.8 Å². The van der Waals surface area contributed by atoms with Crippen LogP contribution in [0.3, 0.4) is 0 Å². The van der Waals surface area contributed by atoms with Gasteiger partial charge in [-0.2, -0.15) is 0 Å². The first-order chi connectivity index (χ1) is 16.7. The number of piperidine rings is 1. The molecule has 6 rings (SSSR count). The molecule has 9 heteroatoms. The number of aromatic nitrogens is 4. The van der Waals surface area contributed by atoms with E-state index in [9.17, 15) is 8.78 Å². The van der Waals surface area contributed by atoms with Crippen molar-refractivity contribution in [3.05, 3.63) is 64.3 Å². The summed E-state index contributed by atoms with van der Waals surface area (Å²) in [5, 5.41) is 9.89. The maximum atomic E-state index is 13.9. The predicted molar refractivity (Wildman–Crippen MR) is 131 cm³/mol. The Labute approximate surface area is 208 Å². The molecule has 3 aliphatic rings. The molecular formula is C26H29ClF2N6. The van der Waals surface area contributed by atoms with E-state index in [1.807, 2.05) is 38.1 Å². The van der Waals surface area contributed by atoms with Crippen LogP contribution in [-0.4, -0.2) is 49.2 Å². The molecule has 6 nitrogen and oxygen atoms in total. The predicted octanol–water partition coefficient (Wildman–Crippen LogP) is 5.51. The molecule has 1 saturated carbocycles. The molecule has 2 aliphatic heterocycles. The SMILES string of the molecule is Cc1cccc(N2CCC(c3nnc4n3-c3ccc(Cl)cc3CN(C3(C)CC(F)(F)C3)C4)CC2)n1. The zero-order valence-electron chi connectivity index (χ0n) is 20.0. The summed E-state index contributed by atoms with van der Waals surface area (Å²) in [5.74, 6) is 0.435. The highest BCUT2D eigenvalue weighted by Gasteiger charge is 2.57. The summed E-state index contributed by atoms with van der Waals surface area (Å²) in [4.78, 5) is 9.14. The number of alkyl halides is 2. The monoisotopic (exact) mass is 498 g/mol. The number of rotatable bonds is 3. The highest BCUT2D eigenvalue weighted by Crippen LogP contribution is 2.50. The summed E-state index contributed by atoms with van der Waals surface area (Å²) >= 11 is 6.37. The summed E-state index contributed by atoms with van der Waals surface area (Å²) < 4.78 is 29.9. The Hall–Kier alpha value is -2.58. The molecule has 0 spiro atoms. The van der Waals surface area contributed by atoms with Crippen molar-refractivity contribution in [1.29, 1.82) is 0 Å². The second-order valence-electron chi connectivity index (χ2n) is 10.5. The Morgan fingerprint density at radius 3 is 2.51 bits per heavy atom. The van der Waals surface area contributed by atoms with Crippen LogP contribution in [0.15, 0.2) is 36.4 Å². The lowest BCUT2D eigenvalue weighted by atomic mass is 9.73. The Kier molecular flexibility index (Phi) is 5.38. The lowest BCUT2D eigenvalue weighted by molar-refractivity contribution is -0.173. The summed E-state index contributed by atoms with van der Waals surface area (Å²) in [6, 6.07) is 12.0. The minimum absolute atomic E-state index is 0.137. The number of fused-ring (bicyclic) bond motifs is 3. The van der Waals surface area contributed by atoms with Crippen molar-refractivity contribution in [2.75, 3.05) is 18.0 Å². The molecule has 1 saturated heterocycles. The van der Waals surface area contributed by atoms with Crippen LogP contribution in [0.25, 0.3) is 5.69 Å². The molecule has 0 atom stereocenters. The molecule has 1 aliphatic carbocycles. The molecule has 0 N–H and O–H groups in total. The first-order valence-electron chi connectivity index (χ1n) is 12.3. The van der Waals surface area contributed by atoms with Crippen LogP contribution in [0.1, 0.15) is 61.4 Å². The number of benzene rings is 1. The molecule has 2 aromatic heterocycles. The first kappa shape index (κ1) is 22.9. The van der Waals surface area contributed by atoms with Crippen LogP contribution in [0.2, 0.25) is 5.02 Å². The lowest BCUT2D eigenvalue weighted by Crippen LogP contribution is -2.59. The second kappa shape index (κ2) is 8.23. The zero-order valence-corrected chi connectivity index (χ0v) is 20.8. The van der Waals surface area contributed by atoms with Crippen molar-refractivity contribution in [3.63, 3.8) is 0 Å². The van der Waals surface area contributed by atoms with Crippen molar-refractivity contribution in [1.82, 2.24) is 24.6 Å². The van der Waals surface area contributed by atoms with Crippen LogP contribution < -0.4 is 4.90 Å². The molecule has 1 aromatic carbocycles. The molecule has 35 heavy (non-hydrogen) atoms. The Bertz CT molecular complexity index is 1260. The maximum absolute atomic E-state index is 13.9. The normalized spacial score (nSPS) is 21.7. The minimum Gasteiger partial charge on any atom is -0.357 e. The van der Waals surface area contributed by atoms with Gasteiger partial charge in [-0.05, 0) is 62.6 Å². The largest absolute Gasteiger partial charge is 0.357 e. The third-order valence-electron chi connectivity index (χ3n) is 7.83. The van der Waals surface area contributed by atoms with Gasteiger partial charge in [0.1, 0.15) is 11.6 Å². The van der Waals surface area contributed by atoms with Crippen molar-refractivity contribution in [2.45, 2.75) is 70.0 Å². The Balaban J connectivity index is 1.31. The number of aryl methyl sites for hydroxylation is 1. The van der Waals surface area contributed by atoms with E-state index in [0.29, 0.717) is 18.1 Å². The van der Waals surface area contributed by atoms with Crippen LogP contribution in [-0.2, 0) is 13.1 Å². The molecule has 0 radical (unpaired) electrons. The van der Waals surface area contributed by atoms with Gasteiger partial charge in [0.15, 0.2) is 5.82 Å². The van der Waals surface area contributed by atoms with E-state index in [-0.39, 0.29) is 18.8 Å². The number of hydrogen-bond acceptors (Lipinski definition) is 5. The van der Waals surface area contributed by atoms with Crippen LogP contribution >= 0.6 is 11.6 Å². The van der Waals surface area contributed by atoms with E-state index in [4.69, 9.17) is 11.6 Å². The van der Waals surface area contributed by atoms with Gasteiger partial charge < -0.3 is 4.90 Å². The zero-order chi connectivity index (χ0) is 24.4. The average molecular weight is 499 g/mol. The topological polar surface area (TPSA) is 50.1 Å². The van der Waals surface area contributed by atoms with Crippen LogP contribution in [0.5, 0.6) is 0 Å². The molecule has 2 fully saturated rings. The van der Waals surface area contributed by atoms with Crippen molar-refractivity contribution in [2.24, 2.45) is 0 Å². The molecule has 184 valence electrons. The molecule has 4 heterocycles. The van der Waals surface area contributed by atoms with Gasteiger partial charge in [0.05, 0.1) is 12.2 Å². The smallest absolute Gasteiger partial charge is 0.251 e. The van der Waals surface area contributed by atoms with E-state index in [2.05, 4.69) is 41.7 Å². The van der Waals surface area contributed by atoms with E-state index in [0.717, 1.165) is 60.3 Å². The van der Waals surface area contributed by atoms with Crippen molar-refractivity contribution < 1.29 is 8.78 Å². The summed E-state index contributed by atoms with van der Waals surface area (Å²) in [6.07, 6.45) is 1.62. The summed E-state index contributed by atoms with van der Waals surface area (Å²) in [5.41, 5.74) is 2.47. The van der Waals surface area contributed by atoms with Gasteiger partial charge in [0, 0.05) is 54.6 Å². The highest BCUT2D eigenvalue weighted by molar-refractivity contribution is 6.30. The fourth-order valence-electron chi connectivity index (χ4n) is 6.03. The Morgan fingerprint density at radius 2 is 1.80 bits per heavy atom. The molecule has 0 bridgehead atoms. The number of nitrogens with zero attached hydrogens (tertiary/aromatic N) is 6. The molecule has 0 unspecified atom stereocenters. The number of anilines is 1. The molecule has 0 amide bonds. The van der Waals surface area contributed by atoms with E-state index < -0.39 is 11.5 Å². The maximum Gasteiger partial charge on any atom is 0.251 e. The minimum atomic E-state index is -2.60. The van der Waals surface area contributed by atoms with E-state index >= 15 is 0 Å². The quantitative estimate of drug-likeness (QED) is 0.476. The van der Waals surface area contributed by atoms with Gasteiger partial charge in [0.25, 0.3) is 5.92 Å². The van der Waals surface area contributed by atoms with Gasteiger partial charge in [-0.3, -0.25) is 9.47 Å². The third-order valence-corrected chi connectivity index (χ3v) is 8.07. The molecular weight excluding hydrogens is 470 g/mol. The molecule has 3 aromatic rings. The van der Waals surface area contributed by atoms with E-state index in [1.54, 1.807) is 0 Å². The van der Waals surface area contributed by atoms with E-state index in [1.165, 1.54) is 0 Å². The summed E-state index contributed by atoms with van der Waals surface area (Å²) in [6.45, 7) is 6.78. The highest BCUT2D eigenvalue weighted by atomic mass is 35.5. The van der Waals surface area contributed by atoms with Gasteiger partial charge in [-0.15, -0.1) is 10.2 Å². The van der Waals surface area contributed by atoms with Crippen molar-refractivity contribution >= 4 is 17.4 Å². The standard InChI is InChI=1S/C26H29ClF2N6/c1-17-4-3-5-22(30-17)33-10-8-18(9-11-33)24-32-31-23-14-34(25(2)15-26(28,29)16-25)13-19-12-20(27)6-7-21(19)35(23)24/h3-7,12,18H,8-11,13-16H2,1-2H3. The third kappa shape index (κ3) is 4.10. The first-order valence-corrected chi connectivity index (χ1v) is 12.6. The lowest BCUT2D eigenvalue weighted by Gasteiger charge is -2.51. The number of halogens is 3. The fraction of sp³-hybridized carbons (Fsp3) is 0.500. The van der Waals surface area contributed by atoms with Gasteiger partial charge >= 0.3 is 0 Å². The summed E-state index contributed by atoms with van der Waals surface area (Å²) in [7, 11) is 0. The number of pyridine rings is 1. The fourth-order valence-corrected chi connectivity index (χ4v) is 6.22. The Morgan fingerprint density at radius 1 is 1.03 bits per heavy atom. The van der Waals surface area contributed by atoms with Crippen LogP contribution in [0.4, 0.5) is 14.6 Å². The average Bonchev–Trinajstić information content (AvgIpc) is 3.13. The van der Waals surface area contributed by atoms with Gasteiger partial charge in [0.2, 0.25) is 0 Å². The second-order valence-corrected chi connectivity index (χ2v) is 11.0. The van der Waals surface area contributed by atoms with Crippen molar-refractivity contribution in [3.8, 4) is 5.69 Å². The van der Waals surface area contributed by atoms with Gasteiger partial charge in [-0.1, -0.05) is 17.7 Å². The van der Waals surface area contributed by atoms with Crippen LogP contribution in [0, 0.1) is 6.92 Å². The number of hydrogen-bond donors (Lipinski definition) is 0.